The zero-order valence-corrected chi connectivity index (χ0v) is 8.80. The highest BCUT2D eigenvalue weighted by Gasteiger charge is 2.29. The van der Waals surface area contributed by atoms with E-state index in [1.54, 1.807) is 0 Å². The highest BCUT2D eigenvalue weighted by atomic mass is 15.2. The molecule has 1 heterocycles. The minimum absolute atomic E-state index is 0.717. The lowest BCUT2D eigenvalue weighted by atomic mass is 9.98. The molecule has 2 nitrogen and oxygen atoms in total. The second kappa shape index (κ2) is 4.24. The fourth-order valence-corrected chi connectivity index (χ4v) is 2.02. The Balaban J connectivity index is 2.39. The molecule has 0 radical (unpaired) electrons. The van der Waals surface area contributed by atoms with Gasteiger partial charge in [-0.1, -0.05) is 6.92 Å². The van der Waals surface area contributed by atoms with E-state index < -0.39 is 0 Å². The molecule has 1 aliphatic heterocycles. The van der Waals surface area contributed by atoms with Crippen LogP contribution in [-0.4, -0.2) is 37.6 Å². The second-order valence-corrected chi connectivity index (χ2v) is 4.34. The normalized spacial score (nSPS) is 31.8. The van der Waals surface area contributed by atoms with Gasteiger partial charge in [-0.25, -0.2) is 0 Å². The van der Waals surface area contributed by atoms with Crippen LogP contribution >= 0.6 is 0 Å². The van der Waals surface area contributed by atoms with Crippen LogP contribution in [0.15, 0.2) is 0 Å². The van der Waals surface area contributed by atoms with Crippen molar-refractivity contribution in [2.75, 3.05) is 26.7 Å². The molecular formula is C10H22N2. The molecule has 0 spiro atoms. The number of likely N-dealkylation sites (tertiary alicyclic amines) is 1. The Labute approximate surface area is 76.3 Å². The summed E-state index contributed by atoms with van der Waals surface area (Å²) in [5, 5.41) is 3.27. The van der Waals surface area contributed by atoms with Crippen molar-refractivity contribution in [3.05, 3.63) is 0 Å². The zero-order chi connectivity index (χ0) is 9.14. The van der Waals surface area contributed by atoms with E-state index >= 15 is 0 Å². The summed E-state index contributed by atoms with van der Waals surface area (Å²) in [6, 6.07) is 0.717. The summed E-state index contributed by atoms with van der Waals surface area (Å²) in [7, 11) is 2.05. The maximum absolute atomic E-state index is 3.27. The smallest absolute Gasteiger partial charge is 0.00388 e. The topological polar surface area (TPSA) is 15.3 Å². The summed E-state index contributed by atoms with van der Waals surface area (Å²) < 4.78 is 0. The number of hydrogen-bond acceptors (Lipinski definition) is 2. The molecule has 0 saturated carbocycles. The van der Waals surface area contributed by atoms with Gasteiger partial charge in [-0.15, -0.1) is 0 Å². The second-order valence-electron chi connectivity index (χ2n) is 4.34. The highest BCUT2D eigenvalue weighted by Crippen LogP contribution is 2.23. The summed E-state index contributed by atoms with van der Waals surface area (Å²) in [5.41, 5.74) is 0. The molecule has 2 atom stereocenters. The molecule has 1 fully saturated rings. The van der Waals surface area contributed by atoms with Crippen molar-refractivity contribution < 1.29 is 0 Å². The SMILES string of the molecule is CNCC1CN(C(C)C)CC1C. The number of nitrogens with one attached hydrogen (secondary N) is 1. The third-order valence-corrected chi connectivity index (χ3v) is 2.99. The van der Waals surface area contributed by atoms with E-state index in [4.69, 9.17) is 0 Å². The minimum atomic E-state index is 0.717. The first kappa shape index (κ1) is 10.0. The Morgan fingerprint density at radius 2 is 2.08 bits per heavy atom. The quantitative estimate of drug-likeness (QED) is 0.684. The van der Waals surface area contributed by atoms with Crippen LogP contribution in [0.3, 0.4) is 0 Å². The van der Waals surface area contributed by atoms with Gasteiger partial charge in [0, 0.05) is 19.1 Å². The summed E-state index contributed by atoms with van der Waals surface area (Å²) in [6.07, 6.45) is 0. The number of hydrogen-bond donors (Lipinski definition) is 1. The fraction of sp³-hybridized carbons (Fsp3) is 1.00. The first-order valence-corrected chi connectivity index (χ1v) is 5.03. The molecule has 1 rings (SSSR count). The third kappa shape index (κ3) is 2.20. The van der Waals surface area contributed by atoms with Gasteiger partial charge >= 0.3 is 0 Å². The molecule has 0 aliphatic carbocycles. The van der Waals surface area contributed by atoms with E-state index in [0.717, 1.165) is 11.8 Å². The molecule has 2 heteroatoms. The number of rotatable bonds is 3. The van der Waals surface area contributed by atoms with Crippen LogP contribution in [0.1, 0.15) is 20.8 Å². The predicted octanol–water partition coefficient (Wildman–Crippen LogP) is 1.18. The van der Waals surface area contributed by atoms with Gasteiger partial charge < -0.3 is 10.2 Å². The Morgan fingerprint density at radius 3 is 2.50 bits per heavy atom. The van der Waals surface area contributed by atoms with E-state index in [1.807, 2.05) is 7.05 Å². The molecule has 12 heavy (non-hydrogen) atoms. The van der Waals surface area contributed by atoms with Crippen LogP contribution < -0.4 is 5.32 Å². The molecular weight excluding hydrogens is 148 g/mol. The summed E-state index contributed by atoms with van der Waals surface area (Å²) >= 11 is 0. The van der Waals surface area contributed by atoms with Gasteiger partial charge in [-0.05, 0) is 39.3 Å². The van der Waals surface area contributed by atoms with Crippen molar-refractivity contribution in [2.45, 2.75) is 26.8 Å². The van der Waals surface area contributed by atoms with E-state index in [1.165, 1.54) is 19.6 Å². The van der Waals surface area contributed by atoms with Crippen molar-refractivity contribution in [1.82, 2.24) is 10.2 Å². The van der Waals surface area contributed by atoms with Gasteiger partial charge in [-0.3, -0.25) is 0 Å². The third-order valence-electron chi connectivity index (χ3n) is 2.99. The molecule has 2 unspecified atom stereocenters. The highest BCUT2D eigenvalue weighted by molar-refractivity contribution is 4.83. The first-order valence-electron chi connectivity index (χ1n) is 5.03. The van der Waals surface area contributed by atoms with E-state index in [-0.39, 0.29) is 0 Å². The van der Waals surface area contributed by atoms with Gasteiger partial charge in [0.25, 0.3) is 0 Å². The molecule has 0 aromatic carbocycles. The Kier molecular flexibility index (Phi) is 3.53. The zero-order valence-electron chi connectivity index (χ0n) is 8.80. The Bertz CT molecular complexity index is 134. The van der Waals surface area contributed by atoms with Gasteiger partial charge in [-0.2, -0.15) is 0 Å². The first-order chi connectivity index (χ1) is 5.65. The summed E-state index contributed by atoms with van der Waals surface area (Å²) in [6.45, 7) is 10.7. The average Bonchev–Trinajstić information content (AvgIpc) is 2.34. The average molecular weight is 170 g/mol. The standard InChI is InChI=1S/C10H22N2/c1-8(2)12-6-9(3)10(7-12)5-11-4/h8-11H,5-7H2,1-4H3. The van der Waals surface area contributed by atoms with Crippen LogP contribution in [0.5, 0.6) is 0 Å². The lowest BCUT2D eigenvalue weighted by Gasteiger charge is -2.20. The molecule has 72 valence electrons. The monoisotopic (exact) mass is 170 g/mol. The lowest BCUT2D eigenvalue weighted by molar-refractivity contribution is 0.262. The molecule has 1 N–H and O–H groups in total. The van der Waals surface area contributed by atoms with Crippen LogP contribution in [-0.2, 0) is 0 Å². The molecule has 1 aliphatic rings. The van der Waals surface area contributed by atoms with Crippen molar-refractivity contribution in [1.29, 1.82) is 0 Å². The molecule has 1 saturated heterocycles. The largest absolute Gasteiger partial charge is 0.319 e. The summed E-state index contributed by atoms with van der Waals surface area (Å²) in [4.78, 5) is 2.58. The lowest BCUT2D eigenvalue weighted by Crippen LogP contribution is -2.29. The Hall–Kier alpha value is -0.0800. The van der Waals surface area contributed by atoms with Crippen molar-refractivity contribution in [3.8, 4) is 0 Å². The van der Waals surface area contributed by atoms with Crippen LogP contribution in [0.2, 0.25) is 0 Å². The summed E-state index contributed by atoms with van der Waals surface area (Å²) in [5.74, 6) is 1.72. The van der Waals surface area contributed by atoms with Gasteiger partial charge in [0.1, 0.15) is 0 Å². The van der Waals surface area contributed by atoms with Gasteiger partial charge in [0.2, 0.25) is 0 Å². The molecule has 0 amide bonds. The van der Waals surface area contributed by atoms with Gasteiger partial charge in [0.05, 0.1) is 0 Å². The van der Waals surface area contributed by atoms with Crippen molar-refractivity contribution in [2.24, 2.45) is 11.8 Å². The molecule has 0 bridgehead atoms. The Morgan fingerprint density at radius 1 is 1.42 bits per heavy atom. The van der Waals surface area contributed by atoms with Crippen molar-refractivity contribution in [3.63, 3.8) is 0 Å². The van der Waals surface area contributed by atoms with Crippen LogP contribution in [0.4, 0.5) is 0 Å². The van der Waals surface area contributed by atoms with E-state index in [0.29, 0.717) is 6.04 Å². The molecule has 0 aromatic rings. The van der Waals surface area contributed by atoms with Crippen LogP contribution in [0, 0.1) is 11.8 Å². The van der Waals surface area contributed by atoms with Gasteiger partial charge in [0.15, 0.2) is 0 Å². The van der Waals surface area contributed by atoms with Crippen LogP contribution in [0.25, 0.3) is 0 Å². The maximum atomic E-state index is 3.27. The van der Waals surface area contributed by atoms with E-state index in [2.05, 4.69) is 31.0 Å². The fourth-order valence-electron chi connectivity index (χ4n) is 2.02. The minimum Gasteiger partial charge on any atom is -0.319 e. The maximum Gasteiger partial charge on any atom is 0.00388 e. The molecule has 0 aromatic heterocycles. The van der Waals surface area contributed by atoms with E-state index in [9.17, 15) is 0 Å². The van der Waals surface area contributed by atoms with Crippen molar-refractivity contribution >= 4 is 0 Å². The predicted molar refractivity (Wildman–Crippen MR) is 53.3 cm³/mol. The number of nitrogens with zero attached hydrogens (tertiary/aromatic N) is 1.